The van der Waals surface area contributed by atoms with E-state index in [2.05, 4.69) is 32.8 Å². The molecule has 0 radical (unpaired) electrons. The predicted octanol–water partition coefficient (Wildman–Crippen LogP) is 2.46. The third-order valence-electron chi connectivity index (χ3n) is 4.22. The first-order valence-electron chi connectivity index (χ1n) is 7.82. The van der Waals surface area contributed by atoms with Gasteiger partial charge in [0.1, 0.15) is 5.82 Å². The Balaban J connectivity index is 1.64. The Kier molecular flexibility index (Phi) is 4.97. The van der Waals surface area contributed by atoms with Crippen molar-refractivity contribution in [2.75, 3.05) is 31.1 Å². The van der Waals surface area contributed by atoms with Crippen LogP contribution in [0.5, 0.6) is 0 Å². The van der Waals surface area contributed by atoms with Crippen molar-refractivity contribution in [3.05, 3.63) is 52.4 Å². The summed E-state index contributed by atoms with van der Waals surface area (Å²) in [5.41, 5.74) is 2.20. The van der Waals surface area contributed by atoms with Crippen LogP contribution in [0.4, 0.5) is 5.82 Å². The van der Waals surface area contributed by atoms with E-state index in [0.717, 1.165) is 38.4 Å². The van der Waals surface area contributed by atoms with Crippen LogP contribution in [0.25, 0.3) is 0 Å². The molecular formula is C17H19ClN4O2. The highest BCUT2D eigenvalue weighted by molar-refractivity contribution is 6.33. The van der Waals surface area contributed by atoms with Crippen LogP contribution in [0, 0.1) is 6.92 Å². The van der Waals surface area contributed by atoms with Gasteiger partial charge in [-0.25, -0.2) is 9.78 Å². The molecule has 0 atom stereocenters. The van der Waals surface area contributed by atoms with Crippen LogP contribution < -0.4 is 4.90 Å². The number of nitrogens with zero attached hydrogens (tertiary/aromatic N) is 4. The van der Waals surface area contributed by atoms with Gasteiger partial charge in [-0.2, -0.15) is 0 Å². The minimum atomic E-state index is -1.11. The number of pyridine rings is 2. The minimum Gasteiger partial charge on any atom is -0.476 e. The molecule has 0 aliphatic carbocycles. The van der Waals surface area contributed by atoms with Crippen LogP contribution in [-0.4, -0.2) is 52.1 Å². The van der Waals surface area contributed by atoms with Crippen LogP contribution in [0.1, 0.15) is 21.7 Å². The monoisotopic (exact) mass is 346 g/mol. The van der Waals surface area contributed by atoms with Crippen molar-refractivity contribution in [3.8, 4) is 0 Å². The summed E-state index contributed by atoms with van der Waals surface area (Å²) >= 11 is 5.88. The second-order valence-electron chi connectivity index (χ2n) is 5.84. The first-order valence-corrected chi connectivity index (χ1v) is 8.20. The second kappa shape index (κ2) is 7.15. The summed E-state index contributed by atoms with van der Waals surface area (Å²) < 4.78 is 0. The lowest BCUT2D eigenvalue weighted by atomic mass is 10.2. The summed E-state index contributed by atoms with van der Waals surface area (Å²) in [5.74, 6) is -0.448. The van der Waals surface area contributed by atoms with E-state index in [-0.39, 0.29) is 10.7 Å². The molecule has 7 heteroatoms. The van der Waals surface area contributed by atoms with E-state index in [9.17, 15) is 4.79 Å². The number of carbonyl (C=O) groups is 1. The van der Waals surface area contributed by atoms with Crippen LogP contribution in [0.2, 0.25) is 5.02 Å². The molecule has 126 valence electrons. The molecule has 2 aromatic rings. The molecule has 0 saturated carbocycles. The lowest BCUT2D eigenvalue weighted by Crippen LogP contribution is -2.46. The Bertz CT molecular complexity index is 745. The second-order valence-corrected chi connectivity index (χ2v) is 6.24. The smallest absolute Gasteiger partial charge is 0.356 e. The summed E-state index contributed by atoms with van der Waals surface area (Å²) in [5, 5.41) is 9.30. The molecule has 0 bridgehead atoms. The number of rotatable bonds is 4. The third kappa shape index (κ3) is 3.66. The summed E-state index contributed by atoms with van der Waals surface area (Å²) in [4.78, 5) is 24.2. The van der Waals surface area contributed by atoms with E-state index in [0.29, 0.717) is 5.82 Å². The van der Waals surface area contributed by atoms with Crippen LogP contribution >= 0.6 is 11.6 Å². The number of carboxylic acid groups (broad SMARTS) is 1. The van der Waals surface area contributed by atoms with Crippen molar-refractivity contribution >= 4 is 23.4 Å². The van der Waals surface area contributed by atoms with E-state index in [1.807, 2.05) is 12.3 Å². The fourth-order valence-electron chi connectivity index (χ4n) is 2.79. The lowest BCUT2D eigenvalue weighted by Gasteiger charge is -2.35. The van der Waals surface area contributed by atoms with Gasteiger partial charge in [-0.05, 0) is 30.7 Å². The summed E-state index contributed by atoms with van der Waals surface area (Å²) in [6.45, 7) is 6.24. The molecule has 24 heavy (non-hydrogen) atoms. The van der Waals surface area contributed by atoms with Gasteiger partial charge >= 0.3 is 5.97 Å². The topological polar surface area (TPSA) is 69.6 Å². The molecule has 1 fully saturated rings. The van der Waals surface area contributed by atoms with E-state index < -0.39 is 5.97 Å². The molecule has 2 aromatic heterocycles. The SMILES string of the molecule is Cc1cccnc1CN1CCN(c2ccc(Cl)c(C(=O)O)n2)CC1. The predicted molar refractivity (Wildman–Crippen MR) is 92.7 cm³/mol. The molecule has 0 unspecified atom stereocenters. The van der Waals surface area contributed by atoms with Gasteiger partial charge in [0.25, 0.3) is 0 Å². The molecule has 1 N–H and O–H groups in total. The Labute approximate surface area is 145 Å². The molecule has 0 aromatic carbocycles. The number of halogens is 1. The number of aromatic carboxylic acids is 1. The number of piperazine rings is 1. The summed E-state index contributed by atoms with van der Waals surface area (Å²) in [7, 11) is 0. The molecule has 6 nitrogen and oxygen atoms in total. The average molecular weight is 347 g/mol. The molecule has 1 saturated heterocycles. The highest BCUT2D eigenvalue weighted by atomic mass is 35.5. The highest BCUT2D eigenvalue weighted by Crippen LogP contribution is 2.21. The first kappa shape index (κ1) is 16.7. The number of carboxylic acids is 1. The van der Waals surface area contributed by atoms with Crippen LogP contribution in [0.3, 0.4) is 0 Å². The summed E-state index contributed by atoms with van der Waals surface area (Å²) in [6.07, 6.45) is 1.82. The van der Waals surface area contributed by atoms with E-state index in [1.165, 1.54) is 5.56 Å². The van der Waals surface area contributed by atoms with Crippen molar-refractivity contribution in [1.29, 1.82) is 0 Å². The van der Waals surface area contributed by atoms with Gasteiger partial charge in [-0.3, -0.25) is 9.88 Å². The lowest BCUT2D eigenvalue weighted by molar-refractivity contribution is 0.0690. The van der Waals surface area contributed by atoms with Gasteiger partial charge < -0.3 is 10.0 Å². The molecule has 1 aliphatic heterocycles. The molecule has 3 heterocycles. The Morgan fingerprint density at radius 1 is 1.25 bits per heavy atom. The van der Waals surface area contributed by atoms with E-state index in [1.54, 1.807) is 12.1 Å². The molecular weight excluding hydrogens is 328 g/mol. The fraction of sp³-hybridized carbons (Fsp3) is 0.353. The van der Waals surface area contributed by atoms with Crippen molar-refractivity contribution in [2.45, 2.75) is 13.5 Å². The Morgan fingerprint density at radius 3 is 2.67 bits per heavy atom. The average Bonchev–Trinajstić information content (AvgIpc) is 2.58. The molecule has 0 amide bonds. The minimum absolute atomic E-state index is 0.0966. The highest BCUT2D eigenvalue weighted by Gasteiger charge is 2.21. The van der Waals surface area contributed by atoms with Crippen molar-refractivity contribution in [3.63, 3.8) is 0 Å². The van der Waals surface area contributed by atoms with Crippen molar-refractivity contribution in [2.24, 2.45) is 0 Å². The van der Waals surface area contributed by atoms with Gasteiger partial charge in [0.2, 0.25) is 0 Å². The Hall–Kier alpha value is -2.18. The normalized spacial score (nSPS) is 15.5. The van der Waals surface area contributed by atoms with E-state index >= 15 is 0 Å². The number of aryl methyl sites for hydroxylation is 1. The van der Waals surface area contributed by atoms with Crippen LogP contribution in [-0.2, 0) is 6.54 Å². The van der Waals surface area contributed by atoms with Crippen LogP contribution in [0.15, 0.2) is 30.5 Å². The number of hydrogen-bond acceptors (Lipinski definition) is 5. The molecule has 1 aliphatic rings. The van der Waals surface area contributed by atoms with Crippen molar-refractivity contribution in [1.82, 2.24) is 14.9 Å². The summed E-state index contributed by atoms with van der Waals surface area (Å²) in [6, 6.07) is 7.39. The van der Waals surface area contributed by atoms with Gasteiger partial charge in [0.15, 0.2) is 5.69 Å². The molecule has 3 rings (SSSR count). The zero-order valence-electron chi connectivity index (χ0n) is 13.4. The van der Waals surface area contributed by atoms with Gasteiger partial charge in [-0.15, -0.1) is 0 Å². The van der Waals surface area contributed by atoms with Gasteiger partial charge in [-0.1, -0.05) is 17.7 Å². The maximum Gasteiger partial charge on any atom is 0.356 e. The maximum atomic E-state index is 11.2. The number of hydrogen-bond donors (Lipinski definition) is 1. The first-order chi connectivity index (χ1) is 11.5. The third-order valence-corrected chi connectivity index (χ3v) is 4.53. The zero-order chi connectivity index (χ0) is 17.1. The molecule has 0 spiro atoms. The zero-order valence-corrected chi connectivity index (χ0v) is 14.2. The number of aromatic nitrogens is 2. The maximum absolute atomic E-state index is 11.2. The van der Waals surface area contributed by atoms with E-state index in [4.69, 9.17) is 16.7 Å². The standard InChI is InChI=1S/C17H19ClN4O2/c1-12-3-2-6-19-14(12)11-21-7-9-22(10-8-21)15-5-4-13(18)16(20-15)17(23)24/h2-6H,7-11H2,1H3,(H,23,24). The largest absolute Gasteiger partial charge is 0.476 e. The van der Waals surface area contributed by atoms with Crippen molar-refractivity contribution < 1.29 is 9.90 Å². The quantitative estimate of drug-likeness (QED) is 0.917. The Morgan fingerprint density at radius 2 is 2.00 bits per heavy atom. The number of anilines is 1. The van der Waals surface area contributed by atoms with Gasteiger partial charge in [0, 0.05) is 38.9 Å². The fourth-order valence-corrected chi connectivity index (χ4v) is 2.97. The van der Waals surface area contributed by atoms with Gasteiger partial charge in [0.05, 0.1) is 10.7 Å².